The first-order valence-corrected chi connectivity index (χ1v) is 9.14. The third-order valence-corrected chi connectivity index (χ3v) is 4.81. The van der Waals surface area contributed by atoms with E-state index in [9.17, 15) is 10.1 Å². The SMILES string of the molecule is CCc1nnc(NCCCN2CCC[C@@H](C(N)=O)C2)c(C#N)c1CC. The first-order valence-electron chi connectivity index (χ1n) is 9.14. The van der Waals surface area contributed by atoms with E-state index in [-0.39, 0.29) is 11.8 Å². The van der Waals surface area contributed by atoms with Crippen molar-refractivity contribution in [2.24, 2.45) is 11.7 Å². The monoisotopic (exact) mass is 344 g/mol. The summed E-state index contributed by atoms with van der Waals surface area (Å²) in [5.41, 5.74) is 7.92. The van der Waals surface area contributed by atoms with Crippen LogP contribution in [0.2, 0.25) is 0 Å². The quantitative estimate of drug-likeness (QED) is 0.692. The first-order chi connectivity index (χ1) is 12.1. The summed E-state index contributed by atoms with van der Waals surface area (Å²) in [5.74, 6) is 0.358. The van der Waals surface area contributed by atoms with Gasteiger partial charge < -0.3 is 16.0 Å². The van der Waals surface area contributed by atoms with Crippen LogP contribution in [-0.4, -0.2) is 47.2 Å². The number of likely N-dealkylation sites (tertiary alicyclic amines) is 1. The summed E-state index contributed by atoms with van der Waals surface area (Å²) in [6.45, 7) is 7.44. The summed E-state index contributed by atoms with van der Waals surface area (Å²) < 4.78 is 0. The second kappa shape index (κ2) is 9.33. The van der Waals surface area contributed by atoms with Crippen LogP contribution in [0.3, 0.4) is 0 Å². The van der Waals surface area contributed by atoms with Crippen LogP contribution in [-0.2, 0) is 17.6 Å². The molecule has 1 aliphatic rings. The highest BCUT2D eigenvalue weighted by Crippen LogP contribution is 2.20. The van der Waals surface area contributed by atoms with Gasteiger partial charge in [0.05, 0.1) is 11.6 Å². The fourth-order valence-electron chi connectivity index (χ4n) is 3.42. The van der Waals surface area contributed by atoms with Crippen molar-refractivity contribution in [1.29, 1.82) is 5.26 Å². The maximum absolute atomic E-state index is 11.3. The Kier molecular flexibility index (Phi) is 7.14. The van der Waals surface area contributed by atoms with E-state index in [4.69, 9.17) is 5.73 Å². The number of hydrogen-bond donors (Lipinski definition) is 2. The number of amides is 1. The summed E-state index contributed by atoms with van der Waals surface area (Å²) in [7, 11) is 0. The van der Waals surface area contributed by atoms with E-state index < -0.39 is 0 Å². The number of nitrogens with one attached hydrogen (secondary N) is 1. The van der Waals surface area contributed by atoms with E-state index in [0.717, 1.165) is 69.5 Å². The van der Waals surface area contributed by atoms with Gasteiger partial charge in [-0.3, -0.25) is 4.79 Å². The topological polar surface area (TPSA) is 108 Å². The minimum atomic E-state index is -0.195. The molecule has 7 heteroatoms. The Morgan fingerprint density at radius 3 is 2.84 bits per heavy atom. The Morgan fingerprint density at radius 1 is 1.40 bits per heavy atom. The predicted molar refractivity (Wildman–Crippen MR) is 97.0 cm³/mol. The molecule has 2 heterocycles. The average molecular weight is 344 g/mol. The Bertz CT molecular complexity index is 639. The van der Waals surface area contributed by atoms with Gasteiger partial charge >= 0.3 is 0 Å². The van der Waals surface area contributed by atoms with E-state index in [1.807, 2.05) is 13.8 Å². The van der Waals surface area contributed by atoms with Crippen LogP contribution < -0.4 is 11.1 Å². The number of nitrogens with zero attached hydrogens (tertiary/aromatic N) is 4. The molecule has 0 saturated carbocycles. The van der Waals surface area contributed by atoms with Crippen molar-refractivity contribution in [3.63, 3.8) is 0 Å². The van der Waals surface area contributed by atoms with Crippen LogP contribution in [0.1, 0.15) is 49.9 Å². The molecule has 136 valence electrons. The highest BCUT2D eigenvalue weighted by molar-refractivity contribution is 5.76. The zero-order valence-corrected chi connectivity index (χ0v) is 15.2. The fourth-order valence-corrected chi connectivity index (χ4v) is 3.42. The average Bonchev–Trinajstić information content (AvgIpc) is 2.64. The van der Waals surface area contributed by atoms with Gasteiger partial charge in [0.1, 0.15) is 11.6 Å². The van der Waals surface area contributed by atoms with Crippen LogP contribution in [0, 0.1) is 17.2 Å². The predicted octanol–water partition coefficient (Wildman–Crippen LogP) is 1.47. The van der Waals surface area contributed by atoms with Gasteiger partial charge in [0.25, 0.3) is 0 Å². The normalized spacial score (nSPS) is 17.9. The number of carbonyl (C=O) groups excluding carboxylic acids is 1. The van der Waals surface area contributed by atoms with Crippen LogP contribution in [0.15, 0.2) is 0 Å². The molecule has 1 aromatic heterocycles. The van der Waals surface area contributed by atoms with E-state index >= 15 is 0 Å². The largest absolute Gasteiger partial charge is 0.369 e. The first kappa shape index (κ1) is 19.1. The molecule has 2 rings (SSSR count). The third-order valence-electron chi connectivity index (χ3n) is 4.81. The molecule has 0 radical (unpaired) electrons. The minimum Gasteiger partial charge on any atom is -0.369 e. The van der Waals surface area contributed by atoms with Gasteiger partial charge in [-0.15, -0.1) is 5.10 Å². The number of nitriles is 1. The van der Waals surface area contributed by atoms with Gasteiger partial charge in [-0.1, -0.05) is 13.8 Å². The summed E-state index contributed by atoms with van der Waals surface area (Å²) in [6, 6.07) is 2.27. The molecule has 0 bridgehead atoms. The number of hydrogen-bond acceptors (Lipinski definition) is 6. The van der Waals surface area contributed by atoms with Crippen LogP contribution in [0.5, 0.6) is 0 Å². The Balaban J connectivity index is 1.88. The van der Waals surface area contributed by atoms with E-state index in [1.54, 1.807) is 0 Å². The molecule has 25 heavy (non-hydrogen) atoms. The molecule has 0 spiro atoms. The molecule has 1 aromatic rings. The molecule has 1 aliphatic heterocycles. The Hall–Kier alpha value is -2.20. The molecule has 0 aliphatic carbocycles. The Labute approximate surface area is 149 Å². The zero-order valence-electron chi connectivity index (χ0n) is 15.2. The highest BCUT2D eigenvalue weighted by Gasteiger charge is 2.23. The van der Waals surface area contributed by atoms with Gasteiger partial charge in [0.15, 0.2) is 5.82 Å². The smallest absolute Gasteiger partial charge is 0.221 e. The molecule has 1 atom stereocenters. The number of primary amides is 1. The molecule has 3 N–H and O–H groups in total. The van der Waals surface area contributed by atoms with Crippen molar-refractivity contribution in [2.45, 2.75) is 46.0 Å². The number of carbonyl (C=O) groups is 1. The van der Waals surface area contributed by atoms with Gasteiger partial charge in [0.2, 0.25) is 5.91 Å². The molecule has 7 nitrogen and oxygen atoms in total. The summed E-state index contributed by atoms with van der Waals surface area (Å²) in [4.78, 5) is 13.6. The second-order valence-electron chi connectivity index (χ2n) is 6.49. The summed E-state index contributed by atoms with van der Waals surface area (Å²) in [5, 5.41) is 21.2. The van der Waals surface area contributed by atoms with Crippen molar-refractivity contribution in [2.75, 3.05) is 31.5 Å². The lowest BCUT2D eigenvalue weighted by Crippen LogP contribution is -2.41. The van der Waals surface area contributed by atoms with Crippen LogP contribution >= 0.6 is 0 Å². The molecular formula is C18H28N6O. The maximum Gasteiger partial charge on any atom is 0.221 e. The fraction of sp³-hybridized carbons (Fsp3) is 0.667. The van der Waals surface area contributed by atoms with E-state index in [2.05, 4.69) is 26.5 Å². The zero-order chi connectivity index (χ0) is 18.2. The number of anilines is 1. The molecular weight excluding hydrogens is 316 g/mol. The highest BCUT2D eigenvalue weighted by atomic mass is 16.1. The lowest BCUT2D eigenvalue weighted by Gasteiger charge is -2.31. The maximum atomic E-state index is 11.3. The van der Waals surface area contributed by atoms with Gasteiger partial charge in [-0.05, 0) is 50.8 Å². The number of nitrogens with two attached hydrogens (primary N) is 1. The summed E-state index contributed by atoms with van der Waals surface area (Å²) in [6.07, 6.45) is 4.38. The lowest BCUT2D eigenvalue weighted by molar-refractivity contribution is -0.123. The standard InChI is InChI=1S/C18H28N6O/c1-3-14-15(11-19)18(23-22-16(14)4-2)21-8-6-10-24-9-5-7-13(12-24)17(20)25/h13H,3-10,12H2,1-2H3,(H2,20,25)(H,21,23)/t13-/m1/s1. The van der Waals surface area contributed by atoms with E-state index in [1.165, 1.54) is 0 Å². The van der Waals surface area contributed by atoms with Crippen molar-refractivity contribution in [3.8, 4) is 6.07 Å². The van der Waals surface area contributed by atoms with Gasteiger partial charge in [-0.2, -0.15) is 10.4 Å². The molecule has 1 fully saturated rings. The molecule has 0 aromatic carbocycles. The van der Waals surface area contributed by atoms with Gasteiger partial charge in [-0.25, -0.2) is 0 Å². The number of aryl methyl sites for hydroxylation is 1. The number of aromatic nitrogens is 2. The Morgan fingerprint density at radius 2 is 2.20 bits per heavy atom. The van der Waals surface area contributed by atoms with Crippen LogP contribution in [0.4, 0.5) is 5.82 Å². The molecule has 1 saturated heterocycles. The lowest BCUT2D eigenvalue weighted by atomic mass is 9.97. The molecule has 1 amide bonds. The van der Waals surface area contributed by atoms with E-state index in [0.29, 0.717) is 11.4 Å². The minimum absolute atomic E-state index is 0.0218. The number of piperidine rings is 1. The number of rotatable bonds is 8. The molecule has 0 unspecified atom stereocenters. The van der Waals surface area contributed by atoms with Crippen molar-refractivity contribution in [1.82, 2.24) is 15.1 Å². The summed E-state index contributed by atoms with van der Waals surface area (Å²) >= 11 is 0. The van der Waals surface area contributed by atoms with Gasteiger partial charge in [0, 0.05) is 13.1 Å². The van der Waals surface area contributed by atoms with Crippen molar-refractivity contribution >= 4 is 11.7 Å². The third kappa shape index (κ3) is 4.89. The van der Waals surface area contributed by atoms with Crippen molar-refractivity contribution < 1.29 is 4.79 Å². The van der Waals surface area contributed by atoms with Crippen molar-refractivity contribution in [3.05, 3.63) is 16.8 Å². The second-order valence-corrected chi connectivity index (χ2v) is 6.49. The van der Waals surface area contributed by atoms with Crippen LogP contribution in [0.25, 0.3) is 0 Å².